The van der Waals surface area contributed by atoms with E-state index in [2.05, 4.69) is 10.5 Å². The third-order valence-corrected chi connectivity index (χ3v) is 2.73. The van der Waals surface area contributed by atoms with Crippen LogP contribution in [0.5, 0.6) is 0 Å². The predicted octanol–water partition coefficient (Wildman–Crippen LogP) is 1.68. The van der Waals surface area contributed by atoms with E-state index in [1.54, 1.807) is 6.92 Å². The van der Waals surface area contributed by atoms with Gasteiger partial charge in [0.05, 0.1) is 12.1 Å². The van der Waals surface area contributed by atoms with Gasteiger partial charge in [-0.2, -0.15) is 0 Å². The van der Waals surface area contributed by atoms with Gasteiger partial charge in [-0.05, 0) is 19.8 Å². The zero-order valence-corrected chi connectivity index (χ0v) is 10.5. The minimum Gasteiger partial charge on any atom is -0.481 e. The summed E-state index contributed by atoms with van der Waals surface area (Å²) >= 11 is 0. The molecule has 0 aliphatic rings. The zero-order chi connectivity index (χ0) is 13.5. The Morgan fingerprint density at radius 2 is 2.17 bits per heavy atom. The number of nitrogens with zero attached hydrogens (tertiary/aromatic N) is 1. The molecule has 18 heavy (non-hydrogen) atoms. The van der Waals surface area contributed by atoms with E-state index in [0.29, 0.717) is 6.42 Å². The number of hydrogen-bond donors (Lipinski definition) is 2. The molecule has 2 N–H and O–H groups in total. The number of carboxylic acids is 1. The van der Waals surface area contributed by atoms with E-state index >= 15 is 0 Å². The topological polar surface area (TPSA) is 92.4 Å². The Hall–Kier alpha value is -1.85. The van der Waals surface area contributed by atoms with Crippen LogP contribution in [0.2, 0.25) is 0 Å². The Balaban J connectivity index is 2.24. The molecule has 2 atom stereocenters. The zero-order valence-electron chi connectivity index (χ0n) is 10.5. The quantitative estimate of drug-likeness (QED) is 0.772. The number of hydrogen-bond acceptors (Lipinski definition) is 4. The first-order valence-electron chi connectivity index (χ1n) is 5.95. The summed E-state index contributed by atoms with van der Waals surface area (Å²) in [7, 11) is 0. The molecular weight excluding hydrogens is 236 g/mol. The van der Waals surface area contributed by atoms with E-state index in [0.717, 1.165) is 12.8 Å². The van der Waals surface area contributed by atoms with E-state index in [9.17, 15) is 9.59 Å². The van der Waals surface area contributed by atoms with Gasteiger partial charge in [0.2, 0.25) is 5.76 Å². The van der Waals surface area contributed by atoms with E-state index in [4.69, 9.17) is 9.63 Å². The lowest BCUT2D eigenvalue weighted by Crippen LogP contribution is -2.32. The molecule has 0 aliphatic heterocycles. The average molecular weight is 254 g/mol. The second-order valence-electron chi connectivity index (χ2n) is 4.42. The molecule has 2 unspecified atom stereocenters. The molecule has 0 saturated carbocycles. The summed E-state index contributed by atoms with van der Waals surface area (Å²) in [6.45, 7) is 3.56. The number of carbonyl (C=O) groups excluding carboxylic acids is 1. The standard InChI is InChI=1S/C12H18N2O4/c1-8(12(16)17)4-3-5-9(2)14-11(15)10-6-7-13-18-10/h6-9H,3-5H2,1-2H3,(H,14,15)(H,16,17). The number of carboxylic acid groups (broad SMARTS) is 1. The van der Waals surface area contributed by atoms with Gasteiger partial charge in [0.15, 0.2) is 0 Å². The van der Waals surface area contributed by atoms with Gasteiger partial charge in [0.25, 0.3) is 5.91 Å². The van der Waals surface area contributed by atoms with E-state index in [-0.39, 0.29) is 23.6 Å². The molecule has 0 bridgehead atoms. The Morgan fingerprint density at radius 3 is 2.72 bits per heavy atom. The number of nitrogens with one attached hydrogen (secondary N) is 1. The lowest BCUT2D eigenvalue weighted by Gasteiger charge is -2.13. The van der Waals surface area contributed by atoms with Crippen molar-refractivity contribution >= 4 is 11.9 Å². The van der Waals surface area contributed by atoms with Crippen LogP contribution in [0.25, 0.3) is 0 Å². The van der Waals surface area contributed by atoms with Crippen molar-refractivity contribution in [3.63, 3.8) is 0 Å². The monoisotopic (exact) mass is 254 g/mol. The maximum atomic E-state index is 11.6. The number of amides is 1. The molecular formula is C12H18N2O4. The summed E-state index contributed by atoms with van der Waals surface area (Å²) in [6.07, 6.45) is 3.51. The van der Waals surface area contributed by atoms with Gasteiger partial charge in [0.1, 0.15) is 0 Å². The highest BCUT2D eigenvalue weighted by atomic mass is 16.5. The molecule has 0 aliphatic carbocycles. The molecule has 0 fully saturated rings. The minimum atomic E-state index is -0.784. The van der Waals surface area contributed by atoms with Crippen LogP contribution in [0.4, 0.5) is 0 Å². The predicted molar refractivity (Wildman–Crippen MR) is 64.1 cm³/mol. The number of rotatable bonds is 7. The smallest absolute Gasteiger partial charge is 0.306 e. The van der Waals surface area contributed by atoms with Gasteiger partial charge in [-0.25, -0.2) is 0 Å². The highest BCUT2D eigenvalue weighted by Crippen LogP contribution is 2.10. The number of aromatic nitrogens is 1. The van der Waals surface area contributed by atoms with E-state index in [1.807, 2.05) is 6.92 Å². The molecule has 0 spiro atoms. The largest absolute Gasteiger partial charge is 0.481 e. The lowest BCUT2D eigenvalue weighted by molar-refractivity contribution is -0.141. The van der Waals surface area contributed by atoms with Gasteiger partial charge in [-0.3, -0.25) is 9.59 Å². The van der Waals surface area contributed by atoms with Gasteiger partial charge >= 0.3 is 5.97 Å². The van der Waals surface area contributed by atoms with Gasteiger partial charge in [-0.1, -0.05) is 18.5 Å². The number of carbonyl (C=O) groups is 2. The second kappa shape index (κ2) is 6.78. The summed E-state index contributed by atoms with van der Waals surface area (Å²) in [6, 6.07) is 1.47. The first-order valence-corrected chi connectivity index (χ1v) is 5.95. The Bertz CT molecular complexity index is 389. The fourth-order valence-electron chi connectivity index (χ4n) is 1.55. The van der Waals surface area contributed by atoms with Crippen LogP contribution in [0, 0.1) is 5.92 Å². The average Bonchev–Trinajstić information content (AvgIpc) is 2.81. The summed E-state index contributed by atoms with van der Waals surface area (Å²) in [5, 5.41) is 14.9. The SMILES string of the molecule is CC(CCCC(C)C(=O)O)NC(=O)c1ccno1. The Labute approximate surface area is 105 Å². The van der Waals surface area contributed by atoms with E-state index < -0.39 is 5.97 Å². The van der Waals surface area contributed by atoms with Crippen LogP contribution in [-0.2, 0) is 4.79 Å². The maximum Gasteiger partial charge on any atom is 0.306 e. The highest BCUT2D eigenvalue weighted by Gasteiger charge is 2.14. The first kappa shape index (κ1) is 14.2. The maximum absolute atomic E-state index is 11.6. The molecule has 1 rings (SSSR count). The van der Waals surface area contributed by atoms with Gasteiger partial charge < -0.3 is 14.9 Å². The summed E-state index contributed by atoms with van der Waals surface area (Å²) in [5.41, 5.74) is 0. The molecule has 0 aromatic carbocycles. The van der Waals surface area contributed by atoms with Crippen molar-refractivity contribution in [2.45, 2.75) is 39.2 Å². The molecule has 100 valence electrons. The van der Waals surface area contributed by atoms with Crippen molar-refractivity contribution in [1.29, 1.82) is 0 Å². The Morgan fingerprint density at radius 1 is 1.44 bits per heavy atom. The highest BCUT2D eigenvalue weighted by molar-refractivity contribution is 5.91. The van der Waals surface area contributed by atoms with Crippen molar-refractivity contribution in [2.75, 3.05) is 0 Å². The molecule has 6 nitrogen and oxygen atoms in total. The summed E-state index contributed by atoms with van der Waals surface area (Å²) in [4.78, 5) is 22.2. The third kappa shape index (κ3) is 4.57. The minimum absolute atomic E-state index is 0.0244. The normalized spacial score (nSPS) is 13.9. The Kier molecular flexibility index (Phi) is 5.35. The lowest BCUT2D eigenvalue weighted by atomic mass is 10.0. The third-order valence-electron chi connectivity index (χ3n) is 2.73. The summed E-state index contributed by atoms with van der Waals surface area (Å²) < 4.78 is 4.73. The second-order valence-corrected chi connectivity index (χ2v) is 4.42. The molecule has 6 heteroatoms. The van der Waals surface area contributed by atoms with Gasteiger partial charge in [0, 0.05) is 12.1 Å². The molecule has 1 aromatic heterocycles. The fraction of sp³-hybridized carbons (Fsp3) is 0.583. The van der Waals surface area contributed by atoms with E-state index in [1.165, 1.54) is 12.3 Å². The van der Waals surface area contributed by atoms with Crippen molar-refractivity contribution in [3.8, 4) is 0 Å². The van der Waals surface area contributed by atoms with Crippen LogP contribution >= 0.6 is 0 Å². The van der Waals surface area contributed by atoms with Crippen LogP contribution in [0.1, 0.15) is 43.7 Å². The number of aliphatic carboxylic acids is 1. The van der Waals surface area contributed by atoms with Crippen LogP contribution in [0.3, 0.4) is 0 Å². The molecule has 0 saturated heterocycles. The molecule has 0 radical (unpaired) electrons. The van der Waals surface area contributed by atoms with Crippen molar-refractivity contribution < 1.29 is 19.2 Å². The van der Waals surface area contributed by atoms with Crippen LogP contribution < -0.4 is 5.32 Å². The molecule has 1 amide bonds. The van der Waals surface area contributed by atoms with Crippen molar-refractivity contribution in [2.24, 2.45) is 5.92 Å². The summed E-state index contributed by atoms with van der Waals surface area (Å²) in [5.74, 6) is -1.25. The first-order chi connectivity index (χ1) is 8.50. The van der Waals surface area contributed by atoms with Crippen molar-refractivity contribution in [3.05, 3.63) is 18.0 Å². The van der Waals surface area contributed by atoms with Gasteiger partial charge in [-0.15, -0.1) is 0 Å². The fourth-order valence-corrected chi connectivity index (χ4v) is 1.55. The molecule has 1 aromatic rings. The van der Waals surface area contributed by atoms with Crippen molar-refractivity contribution in [1.82, 2.24) is 10.5 Å². The van der Waals surface area contributed by atoms with Crippen LogP contribution in [0.15, 0.2) is 16.8 Å². The van der Waals surface area contributed by atoms with Crippen LogP contribution in [-0.4, -0.2) is 28.2 Å². The molecule has 1 heterocycles.